The van der Waals surface area contributed by atoms with Gasteiger partial charge in [0.05, 0.1) is 22.6 Å². The Bertz CT molecular complexity index is 1050. The first-order chi connectivity index (χ1) is 14.7. The smallest absolute Gasteiger partial charge is 0.316 e. The molecule has 30 heavy (non-hydrogen) atoms. The molecule has 1 aliphatic rings. The fraction of sp³-hybridized carbons (Fsp3) is 0.565. The number of hydrogen-bond donors (Lipinski definition) is 0. The summed E-state index contributed by atoms with van der Waals surface area (Å²) >= 11 is 3.11. The number of hydrogen-bond acceptors (Lipinski definition) is 7. The van der Waals surface area contributed by atoms with Gasteiger partial charge in [-0.3, -0.25) is 4.79 Å². The Morgan fingerprint density at radius 3 is 2.80 bits per heavy atom. The lowest BCUT2D eigenvalue weighted by atomic mass is 10.0. The summed E-state index contributed by atoms with van der Waals surface area (Å²) in [5.41, 5.74) is 5.18. The van der Waals surface area contributed by atoms with Crippen molar-refractivity contribution in [3.63, 3.8) is 0 Å². The maximum absolute atomic E-state index is 12.1. The lowest BCUT2D eigenvalue weighted by Crippen LogP contribution is -2.08. The van der Waals surface area contributed by atoms with Crippen LogP contribution < -0.4 is 0 Å². The van der Waals surface area contributed by atoms with Crippen LogP contribution in [0.2, 0.25) is 0 Å². The van der Waals surface area contributed by atoms with Gasteiger partial charge in [-0.25, -0.2) is 15.0 Å². The maximum atomic E-state index is 12.1. The van der Waals surface area contributed by atoms with Gasteiger partial charge in [0.1, 0.15) is 16.2 Å². The van der Waals surface area contributed by atoms with Gasteiger partial charge in [-0.1, -0.05) is 44.9 Å². The van der Waals surface area contributed by atoms with E-state index in [1.54, 1.807) is 17.7 Å². The van der Waals surface area contributed by atoms with Crippen LogP contribution in [-0.2, 0) is 28.8 Å². The molecule has 1 aliphatic carbocycles. The Morgan fingerprint density at radius 2 is 1.97 bits per heavy atom. The molecule has 7 heteroatoms. The van der Waals surface area contributed by atoms with Crippen molar-refractivity contribution in [1.29, 1.82) is 0 Å². The highest BCUT2D eigenvalue weighted by Crippen LogP contribution is 2.42. The predicted octanol–water partition coefficient (Wildman–Crippen LogP) is 5.90. The predicted molar refractivity (Wildman–Crippen MR) is 125 cm³/mol. The molecule has 160 valence electrons. The normalized spacial score (nSPS) is 13.3. The average Bonchev–Trinajstić information content (AvgIpc) is 3.38. The quantitative estimate of drug-likeness (QED) is 0.168. The van der Waals surface area contributed by atoms with Crippen molar-refractivity contribution in [2.24, 2.45) is 0 Å². The Morgan fingerprint density at radius 1 is 1.13 bits per heavy atom. The van der Waals surface area contributed by atoms with E-state index in [9.17, 15) is 4.79 Å². The minimum absolute atomic E-state index is 0.176. The Hall–Kier alpha value is -1.73. The highest BCUT2D eigenvalue weighted by molar-refractivity contribution is 8.00. The number of rotatable bonds is 10. The lowest BCUT2D eigenvalue weighted by molar-refractivity contribution is -0.140. The fourth-order valence-corrected chi connectivity index (χ4v) is 6.17. The van der Waals surface area contributed by atoms with Crippen molar-refractivity contribution in [3.05, 3.63) is 23.1 Å². The molecule has 0 aliphatic heterocycles. The molecule has 5 nitrogen and oxygen atoms in total. The van der Waals surface area contributed by atoms with Crippen molar-refractivity contribution in [2.45, 2.75) is 76.7 Å². The number of fused-ring (bicyclic) bond motifs is 5. The van der Waals surface area contributed by atoms with Crippen LogP contribution in [0.15, 0.2) is 11.4 Å². The molecule has 0 fully saturated rings. The van der Waals surface area contributed by atoms with Gasteiger partial charge >= 0.3 is 5.97 Å². The van der Waals surface area contributed by atoms with Crippen LogP contribution in [-0.4, -0.2) is 33.3 Å². The van der Waals surface area contributed by atoms with Gasteiger partial charge in [0.25, 0.3) is 0 Å². The second-order valence-corrected chi connectivity index (χ2v) is 9.79. The molecule has 3 heterocycles. The zero-order valence-corrected chi connectivity index (χ0v) is 19.5. The number of unbranched alkanes of at least 4 members (excludes halogenated alkanes) is 3. The van der Waals surface area contributed by atoms with Crippen molar-refractivity contribution < 1.29 is 9.53 Å². The number of thioether (sulfide) groups is 1. The summed E-state index contributed by atoms with van der Waals surface area (Å²) in [6.07, 6.45) is 11.6. The first kappa shape index (κ1) is 21.5. The molecule has 0 bridgehead atoms. The summed E-state index contributed by atoms with van der Waals surface area (Å²) in [6, 6.07) is 0. The van der Waals surface area contributed by atoms with Gasteiger partial charge in [-0.2, -0.15) is 0 Å². The first-order valence-electron chi connectivity index (χ1n) is 11.1. The minimum Gasteiger partial charge on any atom is -0.465 e. The van der Waals surface area contributed by atoms with Crippen LogP contribution in [0, 0.1) is 0 Å². The first-order valence-corrected chi connectivity index (χ1v) is 12.9. The maximum Gasteiger partial charge on any atom is 0.316 e. The number of carbonyl (C=O) groups is 1. The third-order valence-electron chi connectivity index (χ3n) is 5.63. The number of carbonyl (C=O) groups excluding carboxylic acids is 1. The van der Waals surface area contributed by atoms with Crippen LogP contribution in [0.4, 0.5) is 0 Å². The molecule has 0 spiro atoms. The van der Waals surface area contributed by atoms with E-state index < -0.39 is 0 Å². The molecule has 0 saturated carbocycles. The highest BCUT2D eigenvalue weighted by Gasteiger charge is 2.24. The number of esters is 1. The van der Waals surface area contributed by atoms with Gasteiger partial charge in [-0.05, 0) is 49.7 Å². The molecule has 0 radical (unpaired) electrons. The summed E-state index contributed by atoms with van der Waals surface area (Å²) in [5.74, 6) is 0.101. The van der Waals surface area contributed by atoms with E-state index in [0.29, 0.717) is 6.61 Å². The van der Waals surface area contributed by atoms with Crippen LogP contribution in [0.3, 0.4) is 0 Å². The molecule has 0 N–H and O–H groups in total. The number of ether oxygens (including phenoxy) is 1. The third-order valence-corrected chi connectivity index (χ3v) is 7.80. The molecular formula is C23H29N3O2S2. The summed E-state index contributed by atoms with van der Waals surface area (Å²) in [6.45, 7) is 4.87. The van der Waals surface area contributed by atoms with Gasteiger partial charge in [0, 0.05) is 11.1 Å². The van der Waals surface area contributed by atoms with E-state index in [2.05, 4.69) is 23.8 Å². The SMILES string of the molecule is CCCCCOC(=O)CSc1ncnc2c1sc1nc(CCCC)c3c(c12)CCC3. The van der Waals surface area contributed by atoms with Crippen molar-refractivity contribution >= 4 is 49.5 Å². The molecule has 0 unspecified atom stereocenters. The van der Waals surface area contributed by atoms with E-state index in [-0.39, 0.29) is 11.7 Å². The molecular weight excluding hydrogens is 414 g/mol. The van der Waals surface area contributed by atoms with Crippen molar-refractivity contribution in [1.82, 2.24) is 15.0 Å². The number of thiophene rings is 1. The average molecular weight is 444 g/mol. The van der Waals surface area contributed by atoms with E-state index in [4.69, 9.17) is 9.72 Å². The van der Waals surface area contributed by atoms with Crippen molar-refractivity contribution in [3.8, 4) is 0 Å². The molecule has 0 atom stereocenters. The highest BCUT2D eigenvalue weighted by atomic mass is 32.2. The fourth-order valence-electron chi connectivity index (χ4n) is 4.12. The molecule has 0 amide bonds. The molecule has 0 aromatic carbocycles. The largest absolute Gasteiger partial charge is 0.465 e. The van der Waals surface area contributed by atoms with E-state index in [1.807, 2.05) is 0 Å². The zero-order chi connectivity index (χ0) is 20.9. The standard InChI is InChI=1S/C23H29N3O2S2/c1-3-5-7-12-28-18(27)13-29-23-21-20(24-14-25-23)19-16-10-8-9-15(16)17(11-6-4-2)26-22(19)30-21/h14H,3-13H2,1-2H3. The van der Waals surface area contributed by atoms with Crippen LogP contribution >= 0.6 is 23.1 Å². The summed E-state index contributed by atoms with van der Waals surface area (Å²) in [5, 5.41) is 2.07. The van der Waals surface area contributed by atoms with Crippen LogP contribution in [0.5, 0.6) is 0 Å². The van der Waals surface area contributed by atoms with E-state index >= 15 is 0 Å². The number of aryl methyl sites for hydroxylation is 2. The second-order valence-electron chi connectivity index (χ2n) is 7.83. The molecule has 0 saturated heterocycles. The third kappa shape index (κ3) is 4.47. The summed E-state index contributed by atoms with van der Waals surface area (Å²) in [7, 11) is 0. The van der Waals surface area contributed by atoms with Crippen LogP contribution in [0.25, 0.3) is 20.4 Å². The number of aromatic nitrogens is 3. The Kier molecular flexibility index (Phi) is 7.20. The van der Waals surface area contributed by atoms with Gasteiger partial charge in [0.15, 0.2) is 0 Å². The van der Waals surface area contributed by atoms with E-state index in [1.165, 1.54) is 53.2 Å². The van der Waals surface area contributed by atoms with E-state index in [0.717, 1.165) is 58.6 Å². The zero-order valence-electron chi connectivity index (χ0n) is 17.8. The minimum atomic E-state index is -0.176. The van der Waals surface area contributed by atoms with Gasteiger partial charge in [0.2, 0.25) is 0 Å². The molecule has 3 aromatic rings. The molecule has 3 aromatic heterocycles. The van der Waals surface area contributed by atoms with Crippen molar-refractivity contribution in [2.75, 3.05) is 12.4 Å². The topological polar surface area (TPSA) is 65.0 Å². The van der Waals surface area contributed by atoms with Gasteiger partial charge < -0.3 is 4.74 Å². The molecule has 4 rings (SSSR count). The monoisotopic (exact) mass is 443 g/mol. The summed E-state index contributed by atoms with van der Waals surface area (Å²) in [4.78, 5) is 27.3. The van der Waals surface area contributed by atoms with Gasteiger partial charge in [-0.15, -0.1) is 11.3 Å². The number of pyridine rings is 1. The number of nitrogens with zero attached hydrogens (tertiary/aromatic N) is 3. The Labute approximate surface area is 186 Å². The van der Waals surface area contributed by atoms with Crippen LogP contribution in [0.1, 0.15) is 69.2 Å². The second kappa shape index (κ2) is 10.1. The Balaban J connectivity index is 1.60. The lowest BCUT2D eigenvalue weighted by Gasteiger charge is -2.08. The summed E-state index contributed by atoms with van der Waals surface area (Å²) < 4.78 is 6.39.